The minimum Gasteiger partial charge on any atom is -0.478 e. The summed E-state index contributed by atoms with van der Waals surface area (Å²) in [6, 6.07) is 2.51. The van der Waals surface area contributed by atoms with Gasteiger partial charge in [0.05, 0.1) is 11.1 Å². The SMILES string of the molecule is C=Cc1ccc(C(=O)O)c(C(=O)O)c1C(C)=O. The smallest absolute Gasteiger partial charge is 0.337 e. The highest BCUT2D eigenvalue weighted by Gasteiger charge is 2.24. The van der Waals surface area contributed by atoms with Gasteiger partial charge in [-0.3, -0.25) is 4.79 Å². The maximum Gasteiger partial charge on any atom is 0.337 e. The summed E-state index contributed by atoms with van der Waals surface area (Å²) in [5.74, 6) is -3.35. The van der Waals surface area contributed by atoms with Crippen molar-refractivity contribution in [3.8, 4) is 0 Å². The van der Waals surface area contributed by atoms with Crippen molar-refractivity contribution < 1.29 is 24.6 Å². The summed E-state index contributed by atoms with van der Waals surface area (Å²) in [5, 5.41) is 17.9. The molecule has 0 aliphatic heterocycles. The molecule has 0 bridgehead atoms. The third-order valence-corrected chi connectivity index (χ3v) is 2.25. The molecule has 0 saturated heterocycles. The van der Waals surface area contributed by atoms with Crippen LogP contribution in [0.15, 0.2) is 18.7 Å². The summed E-state index contributed by atoms with van der Waals surface area (Å²) in [6.45, 7) is 4.64. The number of carboxylic acids is 2. The molecule has 1 aromatic rings. The number of hydrogen-bond acceptors (Lipinski definition) is 3. The normalized spacial score (nSPS) is 9.71. The molecule has 5 nitrogen and oxygen atoms in total. The van der Waals surface area contributed by atoms with E-state index in [1.807, 2.05) is 0 Å². The van der Waals surface area contributed by atoms with Crippen LogP contribution in [0.3, 0.4) is 0 Å². The van der Waals surface area contributed by atoms with E-state index in [4.69, 9.17) is 10.2 Å². The molecule has 0 heterocycles. The van der Waals surface area contributed by atoms with Crippen molar-refractivity contribution in [1.29, 1.82) is 0 Å². The topological polar surface area (TPSA) is 91.7 Å². The molecule has 0 atom stereocenters. The second-order valence-corrected chi connectivity index (χ2v) is 3.32. The van der Waals surface area contributed by atoms with Crippen molar-refractivity contribution in [2.75, 3.05) is 0 Å². The minimum atomic E-state index is -1.45. The molecule has 0 aliphatic rings. The van der Waals surface area contributed by atoms with Crippen molar-refractivity contribution in [3.63, 3.8) is 0 Å². The van der Waals surface area contributed by atoms with Crippen LogP contribution in [-0.2, 0) is 0 Å². The fraction of sp³-hybridized carbons (Fsp3) is 0.0833. The lowest BCUT2D eigenvalue weighted by Crippen LogP contribution is -2.15. The Labute approximate surface area is 97.0 Å². The summed E-state index contributed by atoms with van der Waals surface area (Å²) in [6.07, 6.45) is 1.31. The van der Waals surface area contributed by atoms with E-state index in [0.29, 0.717) is 5.56 Å². The van der Waals surface area contributed by atoms with Crippen molar-refractivity contribution >= 4 is 23.8 Å². The molecule has 0 amide bonds. The largest absolute Gasteiger partial charge is 0.478 e. The molecule has 17 heavy (non-hydrogen) atoms. The van der Waals surface area contributed by atoms with Gasteiger partial charge in [-0.05, 0) is 18.6 Å². The first-order valence-corrected chi connectivity index (χ1v) is 4.67. The van der Waals surface area contributed by atoms with Gasteiger partial charge in [0.1, 0.15) is 0 Å². The fourth-order valence-electron chi connectivity index (χ4n) is 1.57. The molecular weight excluding hydrogens is 224 g/mol. The Hall–Kier alpha value is -2.43. The molecule has 1 rings (SSSR count). The quantitative estimate of drug-likeness (QED) is 0.776. The van der Waals surface area contributed by atoms with Gasteiger partial charge in [0.2, 0.25) is 0 Å². The molecule has 88 valence electrons. The van der Waals surface area contributed by atoms with Gasteiger partial charge < -0.3 is 10.2 Å². The summed E-state index contributed by atoms with van der Waals surface area (Å²) in [7, 11) is 0. The number of rotatable bonds is 4. The predicted octanol–water partition coefficient (Wildman–Crippen LogP) is 1.93. The average Bonchev–Trinajstić information content (AvgIpc) is 2.26. The van der Waals surface area contributed by atoms with Crippen LogP contribution < -0.4 is 0 Å². The number of carboxylic acid groups (broad SMARTS) is 2. The zero-order chi connectivity index (χ0) is 13.2. The van der Waals surface area contributed by atoms with E-state index in [9.17, 15) is 14.4 Å². The Balaban J connectivity index is 3.77. The summed E-state index contributed by atoms with van der Waals surface area (Å²) in [5.41, 5.74) is -0.733. The van der Waals surface area contributed by atoms with Crippen molar-refractivity contribution in [2.45, 2.75) is 6.92 Å². The standard InChI is InChI=1S/C12H10O5/c1-3-7-4-5-8(11(14)15)10(12(16)17)9(7)6(2)13/h3-5H,1H2,2H3,(H,14,15)(H,16,17). The fourth-order valence-corrected chi connectivity index (χ4v) is 1.57. The highest BCUT2D eigenvalue weighted by molar-refractivity contribution is 6.12. The van der Waals surface area contributed by atoms with Crippen LogP contribution in [0.4, 0.5) is 0 Å². The first kappa shape index (κ1) is 12.6. The van der Waals surface area contributed by atoms with Gasteiger partial charge in [-0.2, -0.15) is 0 Å². The molecule has 0 radical (unpaired) electrons. The van der Waals surface area contributed by atoms with Crippen molar-refractivity contribution in [1.82, 2.24) is 0 Å². The second kappa shape index (κ2) is 4.61. The Morgan fingerprint density at radius 2 is 1.71 bits per heavy atom. The first-order valence-electron chi connectivity index (χ1n) is 4.67. The Kier molecular flexibility index (Phi) is 3.43. The molecule has 0 aromatic heterocycles. The molecule has 0 aliphatic carbocycles. The molecule has 0 fully saturated rings. The number of aromatic carboxylic acids is 2. The lowest BCUT2D eigenvalue weighted by molar-refractivity contribution is 0.0649. The molecule has 2 N–H and O–H groups in total. The van der Waals surface area contributed by atoms with Crippen LogP contribution in [0.5, 0.6) is 0 Å². The lowest BCUT2D eigenvalue weighted by atomic mass is 9.93. The molecule has 0 spiro atoms. The third kappa shape index (κ3) is 2.23. The number of hydrogen-bond donors (Lipinski definition) is 2. The number of carbonyl (C=O) groups excluding carboxylic acids is 1. The second-order valence-electron chi connectivity index (χ2n) is 3.32. The van der Waals surface area contributed by atoms with Gasteiger partial charge in [0.15, 0.2) is 5.78 Å². The van der Waals surface area contributed by atoms with Crippen LogP contribution in [0.25, 0.3) is 6.08 Å². The van der Waals surface area contributed by atoms with E-state index in [0.717, 1.165) is 6.07 Å². The van der Waals surface area contributed by atoms with Crippen LogP contribution in [0.1, 0.15) is 43.6 Å². The first-order chi connectivity index (χ1) is 7.90. The summed E-state index contributed by atoms with van der Waals surface area (Å²) >= 11 is 0. The van der Waals surface area contributed by atoms with E-state index >= 15 is 0 Å². The highest BCUT2D eigenvalue weighted by Crippen LogP contribution is 2.21. The van der Waals surface area contributed by atoms with Gasteiger partial charge in [-0.15, -0.1) is 0 Å². The van der Waals surface area contributed by atoms with Crippen LogP contribution >= 0.6 is 0 Å². The monoisotopic (exact) mass is 234 g/mol. The van der Waals surface area contributed by atoms with Crippen molar-refractivity contribution in [3.05, 3.63) is 41.0 Å². The number of carbonyl (C=O) groups is 3. The van der Waals surface area contributed by atoms with Crippen molar-refractivity contribution in [2.24, 2.45) is 0 Å². The number of Topliss-reactive ketones (excluding diaryl/α,β-unsaturated/α-hetero) is 1. The Morgan fingerprint density at radius 3 is 2.06 bits per heavy atom. The maximum absolute atomic E-state index is 11.4. The lowest BCUT2D eigenvalue weighted by Gasteiger charge is -2.09. The Morgan fingerprint density at radius 1 is 1.12 bits per heavy atom. The molecule has 0 unspecified atom stereocenters. The average molecular weight is 234 g/mol. The van der Waals surface area contributed by atoms with Gasteiger partial charge in [-0.1, -0.05) is 18.7 Å². The highest BCUT2D eigenvalue weighted by atomic mass is 16.4. The van der Waals surface area contributed by atoms with Gasteiger partial charge in [-0.25, -0.2) is 9.59 Å². The van der Waals surface area contributed by atoms with Crippen LogP contribution in [0.2, 0.25) is 0 Å². The predicted molar refractivity (Wildman–Crippen MR) is 60.5 cm³/mol. The van der Waals surface area contributed by atoms with E-state index in [-0.39, 0.29) is 5.56 Å². The van der Waals surface area contributed by atoms with Gasteiger partial charge >= 0.3 is 11.9 Å². The molecule has 5 heteroatoms. The van der Waals surface area contributed by atoms with Gasteiger partial charge in [0, 0.05) is 5.56 Å². The van der Waals surface area contributed by atoms with Crippen LogP contribution in [-0.4, -0.2) is 27.9 Å². The van der Waals surface area contributed by atoms with Crippen LogP contribution in [0, 0.1) is 0 Å². The van der Waals surface area contributed by atoms with Gasteiger partial charge in [0.25, 0.3) is 0 Å². The van der Waals surface area contributed by atoms with E-state index in [2.05, 4.69) is 6.58 Å². The number of benzene rings is 1. The molecule has 1 aromatic carbocycles. The Bertz CT molecular complexity index is 528. The molecule has 0 saturated carbocycles. The number of ketones is 1. The van der Waals surface area contributed by atoms with E-state index in [1.54, 1.807) is 0 Å². The summed E-state index contributed by atoms with van der Waals surface area (Å²) in [4.78, 5) is 33.4. The third-order valence-electron chi connectivity index (χ3n) is 2.25. The van der Waals surface area contributed by atoms with E-state index < -0.39 is 28.8 Å². The summed E-state index contributed by atoms with van der Waals surface area (Å²) < 4.78 is 0. The molecular formula is C12H10O5. The zero-order valence-corrected chi connectivity index (χ0v) is 9.06. The zero-order valence-electron chi connectivity index (χ0n) is 9.06. The van der Waals surface area contributed by atoms with E-state index in [1.165, 1.54) is 19.1 Å². The maximum atomic E-state index is 11.4. The minimum absolute atomic E-state index is 0.132.